The highest BCUT2D eigenvalue weighted by molar-refractivity contribution is 5.78. The maximum absolute atomic E-state index is 11.7. The van der Waals surface area contributed by atoms with E-state index in [1.807, 2.05) is 36.1 Å². The third kappa shape index (κ3) is 2.77. The number of methoxy groups -OCH3 is 1. The smallest absolute Gasteiger partial charge is 0.249 e. The normalized spacial score (nSPS) is 20.5. The molecular weight excluding hydrogens is 218 g/mol. The lowest BCUT2D eigenvalue weighted by Gasteiger charge is -2.33. The number of hydrogen-bond acceptors (Lipinski definition) is 3. The summed E-state index contributed by atoms with van der Waals surface area (Å²) in [5.41, 5.74) is 1.10. The molecule has 0 bridgehead atoms. The molecule has 0 N–H and O–H groups in total. The highest BCUT2D eigenvalue weighted by Gasteiger charge is 2.25. The van der Waals surface area contributed by atoms with Gasteiger partial charge in [-0.25, -0.2) is 0 Å². The van der Waals surface area contributed by atoms with Crippen LogP contribution in [0.5, 0.6) is 5.75 Å². The standard InChI is InChI=1S/C13H17NO3/c1-10-8-17-9-13(15)14(10)7-11-3-5-12(16-2)6-4-11/h3-6,10H,7-9H2,1-2H3/t10-/m0/s1. The molecule has 1 aromatic carbocycles. The monoisotopic (exact) mass is 235 g/mol. The van der Waals surface area contributed by atoms with Crippen molar-refractivity contribution >= 4 is 5.91 Å². The lowest BCUT2D eigenvalue weighted by Crippen LogP contribution is -2.47. The SMILES string of the molecule is COc1ccc(CN2C(=O)COC[C@@H]2C)cc1. The van der Waals surface area contributed by atoms with Gasteiger partial charge in [0.25, 0.3) is 0 Å². The largest absolute Gasteiger partial charge is 0.497 e. The van der Waals surface area contributed by atoms with Crippen LogP contribution in [0.3, 0.4) is 0 Å². The zero-order valence-electron chi connectivity index (χ0n) is 10.2. The summed E-state index contributed by atoms with van der Waals surface area (Å²) in [7, 11) is 1.64. The summed E-state index contributed by atoms with van der Waals surface area (Å²) in [6.45, 7) is 3.44. The van der Waals surface area contributed by atoms with Gasteiger partial charge in [0, 0.05) is 6.54 Å². The van der Waals surface area contributed by atoms with Crippen LogP contribution >= 0.6 is 0 Å². The van der Waals surface area contributed by atoms with Gasteiger partial charge in [0.05, 0.1) is 19.8 Å². The van der Waals surface area contributed by atoms with Gasteiger partial charge in [-0.2, -0.15) is 0 Å². The van der Waals surface area contributed by atoms with Crippen LogP contribution in [-0.4, -0.2) is 37.2 Å². The Hall–Kier alpha value is -1.55. The average Bonchev–Trinajstić information content (AvgIpc) is 2.35. The van der Waals surface area contributed by atoms with Crippen LogP contribution in [0, 0.1) is 0 Å². The minimum absolute atomic E-state index is 0.0552. The molecular formula is C13H17NO3. The molecule has 0 aliphatic carbocycles. The second kappa shape index (κ2) is 5.19. The first-order valence-corrected chi connectivity index (χ1v) is 5.71. The number of hydrogen-bond donors (Lipinski definition) is 0. The van der Waals surface area contributed by atoms with Gasteiger partial charge < -0.3 is 14.4 Å². The Balaban J connectivity index is 2.05. The number of morpholine rings is 1. The van der Waals surface area contributed by atoms with Crippen molar-refractivity contribution < 1.29 is 14.3 Å². The summed E-state index contributed by atoms with van der Waals surface area (Å²) in [5, 5.41) is 0. The van der Waals surface area contributed by atoms with Gasteiger partial charge in [-0.05, 0) is 24.6 Å². The zero-order chi connectivity index (χ0) is 12.3. The lowest BCUT2D eigenvalue weighted by atomic mass is 10.1. The molecule has 1 fully saturated rings. The summed E-state index contributed by atoms with van der Waals surface area (Å²) < 4.78 is 10.3. The average molecular weight is 235 g/mol. The van der Waals surface area contributed by atoms with Crippen LogP contribution in [0.2, 0.25) is 0 Å². The Labute approximate surface area is 101 Å². The first kappa shape index (κ1) is 11.9. The van der Waals surface area contributed by atoms with E-state index in [1.54, 1.807) is 7.11 Å². The Bertz CT molecular complexity index is 388. The van der Waals surface area contributed by atoms with Gasteiger partial charge in [-0.15, -0.1) is 0 Å². The van der Waals surface area contributed by atoms with E-state index in [0.29, 0.717) is 13.2 Å². The van der Waals surface area contributed by atoms with Gasteiger partial charge in [0.2, 0.25) is 5.91 Å². The Morgan fingerprint density at radius 2 is 2.12 bits per heavy atom. The number of ether oxygens (including phenoxy) is 2. The fourth-order valence-electron chi connectivity index (χ4n) is 1.91. The highest BCUT2D eigenvalue weighted by Crippen LogP contribution is 2.16. The van der Waals surface area contributed by atoms with E-state index < -0.39 is 0 Å². The highest BCUT2D eigenvalue weighted by atomic mass is 16.5. The summed E-state index contributed by atoms with van der Waals surface area (Å²) in [4.78, 5) is 13.6. The molecule has 1 aliphatic rings. The molecule has 0 unspecified atom stereocenters. The minimum Gasteiger partial charge on any atom is -0.497 e. The Morgan fingerprint density at radius 1 is 1.41 bits per heavy atom. The molecule has 1 aliphatic heterocycles. The second-order valence-electron chi connectivity index (χ2n) is 4.23. The topological polar surface area (TPSA) is 38.8 Å². The Morgan fingerprint density at radius 3 is 2.71 bits per heavy atom. The number of amides is 1. The molecule has 2 rings (SSSR count). The van der Waals surface area contributed by atoms with E-state index >= 15 is 0 Å². The molecule has 92 valence electrons. The van der Waals surface area contributed by atoms with Crippen molar-refractivity contribution in [2.45, 2.75) is 19.5 Å². The molecule has 1 amide bonds. The molecule has 4 nitrogen and oxygen atoms in total. The van der Waals surface area contributed by atoms with E-state index in [2.05, 4.69) is 0 Å². The molecule has 1 atom stereocenters. The molecule has 1 saturated heterocycles. The van der Waals surface area contributed by atoms with Crippen LogP contribution in [-0.2, 0) is 16.1 Å². The van der Waals surface area contributed by atoms with E-state index in [1.165, 1.54) is 0 Å². The molecule has 1 heterocycles. The quantitative estimate of drug-likeness (QED) is 0.795. The zero-order valence-corrected chi connectivity index (χ0v) is 10.2. The van der Waals surface area contributed by atoms with Crippen LogP contribution in [0.25, 0.3) is 0 Å². The molecule has 0 aromatic heterocycles. The number of benzene rings is 1. The van der Waals surface area contributed by atoms with Gasteiger partial charge in [-0.1, -0.05) is 12.1 Å². The summed E-state index contributed by atoms with van der Waals surface area (Å²) in [6, 6.07) is 7.91. The van der Waals surface area contributed by atoms with Crippen LogP contribution < -0.4 is 4.74 Å². The van der Waals surface area contributed by atoms with Crippen molar-refractivity contribution in [3.63, 3.8) is 0 Å². The summed E-state index contributed by atoms with van der Waals surface area (Å²) in [5.74, 6) is 0.884. The number of rotatable bonds is 3. The van der Waals surface area contributed by atoms with E-state index in [-0.39, 0.29) is 18.6 Å². The lowest BCUT2D eigenvalue weighted by molar-refractivity contribution is -0.148. The molecule has 1 aromatic rings. The van der Waals surface area contributed by atoms with Crippen molar-refractivity contribution in [2.24, 2.45) is 0 Å². The van der Waals surface area contributed by atoms with Crippen LogP contribution in [0.15, 0.2) is 24.3 Å². The second-order valence-corrected chi connectivity index (χ2v) is 4.23. The third-order valence-electron chi connectivity index (χ3n) is 2.95. The maximum atomic E-state index is 11.7. The predicted molar refractivity (Wildman–Crippen MR) is 63.8 cm³/mol. The van der Waals surface area contributed by atoms with E-state index in [9.17, 15) is 4.79 Å². The summed E-state index contributed by atoms with van der Waals surface area (Å²) >= 11 is 0. The van der Waals surface area contributed by atoms with Crippen molar-refractivity contribution in [3.8, 4) is 5.75 Å². The molecule has 0 spiro atoms. The molecule has 0 saturated carbocycles. The van der Waals surface area contributed by atoms with Crippen molar-refractivity contribution in [2.75, 3.05) is 20.3 Å². The fourth-order valence-corrected chi connectivity index (χ4v) is 1.91. The molecule has 17 heavy (non-hydrogen) atoms. The first-order valence-electron chi connectivity index (χ1n) is 5.71. The molecule has 0 radical (unpaired) electrons. The number of carbonyl (C=O) groups excluding carboxylic acids is 1. The van der Waals surface area contributed by atoms with E-state index in [4.69, 9.17) is 9.47 Å². The number of nitrogens with zero attached hydrogens (tertiary/aromatic N) is 1. The van der Waals surface area contributed by atoms with Gasteiger partial charge in [0.15, 0.2) is 0 Å². The van der Waals surface area contributed by atoms with Crippen molar-refractivity contribution in [1.82, 2.24) is 4.90 Å². The third-order valence-corrected chi connectivity index (χ3v) is 2.95. The summed E-state index contributed by atoms with van der Waals surface area (Å²) in [6.07, 6.45) is 0. The fraction of sp³-hybridized carbons (Fsp3) is 0.462. The Kier molecular flexibility index (Phi) is 3.64. The van der Waals surface area contributed by atoms with Crippen molar-refractivity contribution in [1.29, 1.82) is 0 Å². The van der Waals surface area contributed by atoms with Gasteiger partial charge >= 0.3 is 0 Å². The van der Waals surface area contributed by atoms with Gasteiger partial charge in [-0.3, -0.25) is 4.79 Å². The minimum atomic E-state index is 0.0552. The number of carbonyl (C=O) groups is 1. The van der Waals surface area contributed by atoms with Gasteiger partial charge in [0.1, 0.15) is 12.4 Å². The predicted octanol–water partition coefficient (Wildman–Crippen LogP) is 1.44. The molecule has 4 heteroatoms. The van der Waals surface area contributed by atoms with Crippen LogP contribution in [0.4, 0.5) is 0 Å². The maximum Gasteiger partial charge on any atom is 0.249 e. The van der Waals surface area contributed by atoms with Crippen molar-refractivity contribution in [3.05, 3.63) is 29.8 Å². The van der Waals surface area contributed by atoms with Crippen LogP contribution in [0.1, 0.15) is 12.5 Å². The van der Waals surface area contributed by atoms with E-state index in [0.717, 1.165) is 11.3 Å². The first-order chi connectivity index (χ1) is 8.20.